The maximum absolute atomic E-state index is 8.94. The summed E-state index contributed by atoms with van der Waals surface area (Å²) in [5.74, 6) is -0.108. The molecule has 5 heteroatoms. The Morgan fingerprint density at radius 2 is 2.50 bits per heavy atom. The van der Waals surface area contributed by atoms with Crippen molar-refractivity contribution in [3.05, 3.63) is 11.4 Å². The Kier molecular flexibility index (Phi) is 0.935. The predicted octanol–water partition coefficient (Wildman–Crippen LogP) is 1.51. The zero-order valence-electron chi connectivity index (χ0n) is 4.76. The number of aromatic nitrogens is 2. The maximum Gasteiger partial charge on any atom is 0.213 e. The van der Waals surface area contributed by atoms with Crippen molar-refractivity contribution >= 4 is 22.8 Å². The van der Waals surface area contributed by atoms with Gasteiger partial charge in [0.1, 0.15) is 5.02 Å². The van der Waals surface area contributed by atoms with Gasteiger partial charge in [-0.05, 0) is 0 Å². The number of fused-ring (bicyclic) bond motifs is 1. The largest absolute Gasteiger partial charge is 0.493 e. The summed E-state index contributed by atoms with van der Waals surface area (Å²) in [5, 5.41) is 9.12. The zero-order chi connectivity index (χ0) is 7.14. The second-order valence-corrected chi connectivity index (χ2v) is 2.20. The number of rotatable bonds is 0. The number of halogens is 1. The molecular formula is C5H3ClN2O2. The minimum Gasteiger partial charge on any atom is -0.493 e. The fraction of sp³-hybridized carbons (Fsp3) is 0. The third-order valence-corrected chi connectivity index (χ3v) is 1.56. The molecule has 0 saturated heterocycles. The lowest BCUT2D eigenvalue weighted by Crippen LogP contribution is -1.62. The van der Waals surface area contributed by atoms with Crippen molar-refractivity contribution in [3.63, 3.8) is 0 Å². The van der Waals surface area contributed by atoms with Gasteiger partial charge in [-0.1, -0.05) is 11.6 Å². The third-order valence-electron chi connectivity index (χ3n) is 1.21. The highest BCUT2D eigenvalue weighted by Gasteiger charge is 2.11. The first-order valence-electron chi connectivity index (χ1n) is 2.58. The number of oxazole rings is 1. The van der Waals surface area contributed by atoms with E-state index in [2.05, 4.69) is 9.97 Å². The van der Waals surface area contributed by atoms with E-state index in [1.807, 2.05) is 0 Å². The summed E-state index contributed by atoms with van der Waals surface area (Å²) in [6.45, 7) is 0. The monoisotopic (exact) mass is 158 g/mol. The van der Waals surface area contributed by atoms with E-state index >= 15 is 0 Å². The topological polar surface area (TPSA) is 62.0 Å². The highest BCUT2D eigenvalue weighted by molar-refractivity contribution is 6.36. The first kappa shape index (κ1) is 5.61. The molecule has 52 valence electrons. The van der Waals surface area contributed by atoms with E-state index in [4.69, 9.17) is 21.1 Å². The number of nitrogens with zero attached hydrogens (tertiary/aromatic N) is 1. The van der Waals surface area contributed by atoms with Crippen molar-refractivity contribution in [2.24, 2.45) is 0 Å². The molecule has 0 atom stereocenters. The smallest absolute Gasteiger partial charge is 0.213 e. The van der Waals surface area contributed by atoms with Crippen molar-refractivity contribution < 1.29 is 9.52 Å². The summed E-state index contributed by atoms with van der Waals surface area (Å²) in [6.07, 6.45) is 1.26. The lowest BCUT2D eigenvalue weighted by Gasteiger charge is -1.80. The van der Waals surface area contributed by atoms with Gasteiger partial charge in [-0.2, -0.15) is 4.98 Å². The quantitative estimate of drug-likeness (QED) is 0.611. The average Bonchev–Trinajstić information content (AvgIpc) is 2.41. The fourth-order valence-corrected chi connectivity index (χ4v) is 0.947. The highest BCUT2D eigenvalue weighted by Crippen LogP contribution is 2.30. The summed E-state index contributed by atoms with van der Waals surface area (Å²) < 4.78 is 4.84. The average molecular weight is 159 g/mol. The van der Waals surface area contributed by atoms with E-state index < -0.39 is 0 Å². The molecule has 2 N–H and O–H groups in total. The summed E-state index contributed by atoms with van der Waals surface area (Å²) in [7, 11) is 0. The molecule has 0 fully saturated rings. The minimum absolute atomic E-state index is 0.108. The van der Waals surface area contributed by atoms with E-state index in [1.54, 1.807) is 0 Å². The molecule has 2 heterocycles. The lowest BCUT2D eigenvalue weighted by molar-refractivity contribution is 0.457. The zero-order valence-corrected chi connectivity index (χ0v) is 5.51. The summed E-state index contributed by atoms with van der Waals surface area (Å²) in [6, 6.07) is 0. The number of aromatic hydroxyl groups is 1. The minimum atomic E-state index is -0.108. The molecule has 0 aliphatic carbocycles. The Balaban J connectivity index is 2.95. The van der Waals surface area contributed by atoms with Crippen LogP contribution >= 0.6 is 11.6 Å². The number of nitrogens with one attached hydrogen (secondary N) is 1. The second kappa shape index (κ2) is 1.67. The Labute approximate surface area is 60.4 Å². The standard InChI is InChI=1S/C5H3ClN2O2/c6-2-3-4(7-1-10-3)8-5(2)9/h1,8-9H. The van der Waals surface area contributed by atoms with Gasteiger partial charge < -0.3 is 14.5 Å². The van der Waals surface area contributed by atoms with Crippen molar-refractivity contribution in [2.75, 3.05) is 0 Å². The first-order valence-corrected chi connectivity index (χ1v) is 2.96. The summed E-state index contributed by atoms with van der Waals surface area (Å²) in [5.41, 5.74) is 0.849. The van der Waals surface area contributed by atoms with Gasteiger partial charge in [-0.25, -0.2) is 0 Å². The van der Waals surface area contributed by atoms with Crippen LogP contribution in [0.4, 0.5) is 0 Å². The van der Waals surface area contributed by atoms with Crippen molar-refractivity contribution in [2.45, 2.75) is 0 Å². The molecule has 2 rings (SSSR count). The van der Waals surface area contributed by atoms with Crippen LogP contribution in [0.3, 0.4) is 0 Å². The summed E-state index contributed by atoms with van der Waals surface area (Å²) in [4.78, 5) is 6.26. The van der Waals surface area contributed by atoms with Crippen molar-refractivity contribution in [3.8, 4) is 5.88 Å². The van der Waals surface area contributed by atoms with Gasteiger partial charge in [0.25, 0.3) is 0 Å². The van der Waals surface area contributed by atoms with E-state index in [1.165, 1.54) is 6.39 Å². The molecule has 0 aromatic carbocycles. The molecule has 2 aromatic rings. The van der Waals surface area contributed by atoms with E-state index in [-0.39, 0.29) is 10.9 Å². The number of hydrogen-bond donors (Lipinski definition) is 2. The molecule has 10 heavy (non-hydrogen) atoms. The van der Waals surface area contributed by atoms with Gasteiger partial charge >= 0.3 is 0 Å². The fourth-order valence-electron chi connectivity index (χ4n) is 0.765. The maximum atomic E-state index is 8.94. The molecule has 0 unspecified atom stereocenters. The molecule has 2 aromatic heterocycles. The molecule has 0 amide bonds. The Hall–Kier alpha value is -1.16. The molecular weight excluding hydrogens is 156 g/mol. The SMILES string of the molecule is Oc1[nH]c2ncoc2c1Cl. The van der Waals surface area contributed by atoms with Crippen LogP contribution in [0, 0.1) is 0 Å². The normalized spacial score (nSPS) is 10.9. The van der Waals surface area contributed by atoms with Gasteiger partial charge in [-0.15, -0.1) is 0 Å². The molecule has 0 spiro atoms. The van der Waals surface area contributed by atoms with Crippen LogP contribution in [0.5, 0.6) is 5.88 Å². The predicted molar refractivity (Wildman–Crippen MR) is 35.0 cm³/mol. The molecule has 0 saturated carbocycles. The number of aromatic amines is 1. The van der Waals surface area contributed by atoms with Crippen LogP contribution < -0.4 is 0 Å². The van der Waals surface area contributed by atoms with Crippen LogP contribution in [0.15, 0.2) is 10.8 Å². The molecule has 0 aliphatic heterocycles. The van der Waals surface area contributed by atoms with Crippen LogP contribution in [-0.4, -0.2) is 15.1 Å². The molecule has 0 bridgehead atoms. The second-order valence-electron chi connectivity index (χ2n) is 1.82. The lowest BCUT2D eigenvalue weighted by atomic mass is 10.6. The Morgan fingerprint density at radius 1 is 1.70 bits per heavy atom. The molecule has 0 aliphatic rings. The van der Waals surface area contributed by atoms with Crippen molar-refractivity contribution in [1.82, 2.24) is 9.97 Å². The van der Waals surface area contributed by atoms with Gasteiger partial charge in [0.05, 0.1) is 0 Å². The van der Waals surface area contributed by atoms with Crippen LogP contribution in [0.25, 0.3) is 11.2 Å². The van der Waals surface area contributed by atoms with E-state index in [0.29, 0.717) is 11.2 Å². The highest BCUT2D eigenvalue weighted by atomic mass is 35.5. The summed E-state index contributed by atoms with van der Waals surface area (Å²) >= 11 is 5.57. The van der Waals surface area contributed by atoms with Crippen LogP contribution in [0.1, 0.15) is 0 Å². The Bertz CT molecular complexity index is 364. The van der Waals surface area contributed by atoms with E-state index in [0.717, 1.165) is 0 Å². The molecule has 0 radical (unpaired) electrons. The van der Waals surface area contributed by atoms with Crippen molar-refractivity contribution in [1.29, 1.82) is 0 Å². The van der Waals surface area contributed by atoms with E-state index in [9.17, 15) is 0 Å². The number of H-pyrrole nitrogens is 1. The van der Waals surface area contributed by atoms with Gasteiger partial charge in [0.15, 0.2) is 17.6 Å². The van der Waals surface area contributed by atoms with Crippen LogP contribution in [0.2, 0.25) is 5.02 Å². The van der Waals surface area contributed by atoms with Gasteiger partial charge in [0, 0.05) is 0 Å². The third kappa shape index (κ3) is 0.537. The molecule has 4 nitrogen and oxygen atoms in total. The first-order chi connectivity index (χ1) is 4.79. The van der Waals surface area contributed by atoms with Crippen LogP contribution in [-0.2, 0) is 0 Å². The Morgan fingerprint density at radius 3 is 3.20 bits per heavy atom. The number of hydrogen-bond acceptors (Lipinski definition) is 3. The van der Waals surface area contributed by atoms with Gasteiger partial charge in [-0.3, -0.25) is 0 Å². The van der Waals surface area contributed by atoms with Gasteiger partial charge in [0.2, 0.25) is 5.88 Å².